The summed E-state index contributed by atoms with van der Waals surface area (Å²) >= 11 is 5.91. The second-order valence-corrected chi connectivity index (χ2v) is 7.79. The van der Waals surface area contributed by atoms with Crippen molar-refractivity contribution in [2.75, 3.05) is 11.6 Å². The summed E-state index contributed by atoms with van der Waals surface area (Å²) in [6.45, 7) is 0. The van der Waals surface area contributed by atoms with Gasteiger partial charge in [0.05, 0.1) is 9.92 Å². The second-order valence-electron chi connectivity index (χ2n) is 5.40. The van der Waals surface area contributed by atoms with E-state index in [1.807, 2.05) is 36.4 Å². The molecule has 3 aromatic rings. The summed E-state index contributed by atoms with van der Waals surface area (Å²) in [4.78, 5) is 12.4. The molecule has 0 atom stereocenters. The summed E-state index contributed by atoms with van der Waals surface area (Å²) in [5.74, 6) is -0.395. The number of hydrogen-bond acceptors (Lipinski definition) is 3. The highest BCUT2D eigenvalue weighted by molar-refractivity contribution is 7.90. The van der Waals surface area contributed by atoms with Crippen molar-refractivity contribution in [3.8, 4) is 0 Å². The van der Waals surface area contributed by atoms with Crippen LogP contribution in [-0.4, -0.2) is 20.6 Å². The molecule has 1 N–H and O–H groups in total. The standard InChI is InChI=1S/C18H14ClNO3S/c1-24(22,23)17-11-13(9-10-15(17)19)18(21)20-16-8-4-6-12-5-2-3-7-14(12)16/h2-11H,1H3,(H,20,21). The molecule has 0 radical (unpaired) electrons. The zero-order valence-corrected chi connectivity index (χ0v) is 14.4. The lowest BCUT2D eigenvalue weighted by Crippen LogP contribution is -2.13. The molecular weight excluding hydrogens is 346 g/mol. The van der Waals surface area contributed by atoms with Gasteiger partial charge >= 0.3 is 0 Å². The van der Waals surface area contributed by atoms with Gasteiger partial charge in [0.2, 0.25) is 0 Å². The number of benzene rings is 3. The van der Waals surface area contributed by atoms with Gasteiger partial charge in [-0.05, 0) is 29.7 Å². The molecule has 0 heterocycles. The van der Waals surface area contributed by atoms with E-state index in [1.54, 1.807) is 6.07 Å². The number of carbonyl (C=O) groups excluding carboxylic acids is 1. The van der Waals surface area contributed by atoms with Crippen LogP contribution in [0.1, 0.15) is 10.4 Å². The van der Waals surface area contributed by atoms with E-state index in [0.29, 0.717) is 5.69 Å². The number of hydrogen-bond donors (Lipinski definition) is 1. The van der Waals surface area contributed by atoms with Gasteiger partial charge in [0, 0.05) is 22.9 Å². The van der Waals surface area contributed by atoms with E-state index >= 15 is 0 Å². The fraction of sp³-hybridized carbons (Fsp3) is 0.0556. The van der Waals surface area contributed by atoms with Crippen molar-refractivity contribution in [1.82, 2.24) is 0 Å². The third-order valence-electron chi connectivity index (χ3n) is 3.63. The first-order valence-electron chi connectivity index (χ1n) is 7.15. The monoisotopic (exact) mass is 359 g/mol. The number of carbonyl (C=O) groups is 1. The molecule has 122 valence electrons. The highest BCUT2D eigenvalue weighted by Gasteiger charge is 2.16. The number of nitrogens with one attached hydrogen (secondary N) is 1. The molecule has 0 fully saturated rings. The van der Waals surface area contributed by atoms with Crippen molar-refractivity contribution in [2.45, 2.75) is 4.90 Å². The smallest absolute Gasteiger partial charge is 0.255 e. The van der Waals surface area contributed by atoms with Crippen molar-refractivity contribution in [3.05, 3.63) is 71.2 Å². The van der Waals surface area contributed by atoms with Gasteiger partial charge in [-0.25, -0.2) is 8.42 Å². The van der Waals surface area contributed by atoms with Crippen LogP contribution in [-0.2, 0) is 9.84 Å². The molecule has 6 heteroatoms. The first kappa shape index (κ1) is 16.5. The summed E-state index contributed by atoms with van der Waals surface area (Å²) in [7, 11) is -3.51. The van der Waals surface area contributed by atoms with Crippen molar-refractivity contribution in [1.29, 1.82) is 0 Å². The molecule has 1 amide bonds. The summed E-state index contributed by atoms with van der Waals surface area (Å²) in [6, 6.07) is 17.5. The molecule has 0 spiro atoms. The van der Waals surface area contributed by atoms with Crippen molar-refractivity contribution >= 4 is 43.8 Å². The van der Waals surface area contributed by atoms with E-state index in [-0.39, 0.29) is 15.5 Å². The molecule has 0 saturated carbocycles. The van der Waals surface area contributed by atoms with Crippen LogP contribution in [0.25, 0.3) is 10.8 Å². The minimum absolute atomic E-state index is 0.0604. The van der Waals surface area contributed by atoms with Crippen LogP contribution in [0.5, 0.6) is 0 Å². The Balaban J connectivity index is 1.98. The number of sulfone groups is 1. The molecule has 0 aliphatic rings. The van der Waals surface area contributed by atoms with Crippen LogP contribution < -0.4 is 5.32 Å². The Bertz CT molecular complexity index is 1040. The van der Waals surface area contributed by atoms with Gasteiger partial charge in [-0.1, -0.05) is 48.0 Å². The Hall–Kier alpha value is -2.37. The molecule has 24 heavy (non-hydrogen) atoms. The average Bonchev–Trinajstić information content (AvgIpc) is 2.54. The van der Waals surface area contributed by atoms with E-state index < -0.39 is 15.7 Å². The highest BCUT2D eigenvalue weighted by Crippen LogP contribution is 2.25. The summed E-state index contributed by atoms with van der Waals surface area (Å²) < 4.78 is 23.5. The van der Waals surface area contributed by atoms with Gasteiger partial charge in [-0.3, -0.25) is 4.79 Å². The van der Waals surface area contributed by atoms with Gasteiger partial charge in [0.15, 0.2) is 9.84 Å². The number of amides is 1. The zero-order chi connectivity index (χ0) is 17.3. The maximum atomic E-state index is 12.5. The quantitative estimate of drug-likeness (QED) is 0.764. The number of fused-ring (bicyclic) bond motifs is 1. The molecule has 0 aromatic heterocycles. The van der Waals surface area contributed by atoms with Gasteiger partial charge in [-0.15, -0.1) is 0 Å². The number of anilines is 1. The van der Waals surface area contributed by atoms with E-state index in [4.69, 9.17) is 11.6 Å². The van der Waals surface area contributed by atoms with Crippen LogP contribution in [0.2, 0.25) is 5.02 Å². The number of rotatable bonds is 3. The molecule has 0 saturated heterocycles. The lowest BCUT2D eigenvalue weighted by Gasteiger charge is -2.10. The van der Waals surface area contributed by atoms with Crippen molar-refractivity contribution in [3.63, 3.8) is 0 Å². The SMILES string of the molecule is CS(=O)(=O)c1cc(C(=O)Nc2cccc3ccccc23)ccc1Cl. The zero-order valence-electron chi connectivity index (χ0n) is 12.8. The first-order valence-corrected chi connectivity index (χ1v) is 9.42. The maximum Gasteiger partial charge on any atom is 0.255 e. The van der Waals surface area contributed by atoms with Gasteiger partial charge in [-0.2, -0.15) is 0 Å². The van der Waals surface area contributed by atoms with Crippen molar-refractivity contribution in [2.24, 2.45) is 0 Å². The normalized spacial score (nSPS) is 11.4. The second kappa shape index (κ2) is 6.26. The molecule has 4 nitrogen and oxygen atoms in total. The molecule has 0 aliphatic heterocycles. The predicted octanol–water partition coefficient (Wildman–Crippen LogP) is 4.15. The Labute approximate surface area is 145 Å². The fourth-order valence-electron chi connectivity index (χ4n) is 2.46. The summed E-state index contributed by atoms with van der Waals surface area (Å²) in [6.07, 6.45) is 1.06. The van der Waals surface area contributed by atoms with E-state index in [0.717, 1.165) is 17.0 Å². The topological polar surface area (TPSA) is 63.2 Å². The lowest BCUT2D eigenvalue weighted by molar-refractivity contribution is 0.102. The number of halogens is 1. The Morgan fingerprint density at radius 3 is 2.46 bits per heavy atom. The minimum atomic E-state index is -3.51. The Kier molecular flexibility index (Phi) is 4.30. The van der Waals surface area contributed by atoms with Crippen LogP contribution in [0.3, 0.4) is 0 Å². The van der Waals surface area contributed by atoms with Crippen LogP contribution in [0.4, 0.5) is 5.69 Å². The average molecular weight is 360 g/mol. The molecule has 3 rings (SSSR count). The third kappa shape index (κ3) is 3.27. The molecule has 3 aromatic carbocycles. The summed E-state index contributed by atoms with van der Waals surface area (Å²) in [5, 5.41) is 4.83. The Morgan fingerprint density at radius 1 is 1.00 bits per heavy atom. The van der Waals surface area contributed by atoms with Crippen molar-refractivity contribution < 1.29 is 13.2 Å². The predicted molar refractivity (Wildman–Crippen MR) is 96.5 cm³/mol. The Morgan fingerprint density at radius 2 is 1.71 bits per heavy atom. The van der Waals surface area contributed by atoms with Crippen LogP contribution >= 0.6 is 11.6 Å². The first-order chi connectivity index (χ1) is 11.4. The third-order valence-corrected chi connectivity index (χ3v) is 5.21. The van der Waals surface area contributed by atoms with E-state index in [9.17, 15) is 13.2 Å². The maximum absolute atomic E-state index is 12.5. The van der Waals surface area contributed by atoms with E-state index in [1.165, 1.54) is 18.2 Å². The largest absolute Gasteiger partial charge is 0.321 e. The highest BCUT2D eigenvalue weighted by atomic mass is 35.5. The van der Waals surface area contributed by atoms with Gasteiger partial charge in [0.1, 0.15) is 0 Å². The molecular formula is C18H14ClNO3S. The fourth-order valence-corrected chi connectivity index (χ4v) is 3.76. The molecule has 0 bridgehead atoms. The van der Waals surface area contributed by atoms with Gasteiger partial charge < -0.3 is 5.32 Å². The van der Waals surface area contributed by atoms with Crippen LogP contribution in [0, 0.1) is 0 Å². The minimum Gasteiger partial charge on any atom is -0.321 e. The molecule has 0 aliphatic carbocycles. The van der Waals surface area contributed by atoms with Gasteiger partial charge in [0.25, 0.3) is 5.91 Å². The summed E-state index contributed by atoms with van der Waals surface area (Å²) in [5.41, 5.74) is 0.890. The van der Waals surface area contributed by atoms with E-state index in [2.05, 4.69) is 5.32 Å². The lowest BCUT2D eigenvalue weighted by atomic mass is 10.1. The molecule has 0 unspecified atom stereocenters. The van der Waals surface area contributed by atoms with Crippen LogP contribution in [0.15, 0.2) is 65.6 Å².